The molecule has 0 spiro atoms. The maximum atomic E-state index is 12.2. The summed E-state index contributed by atoms with van der Waals surface area (Å²) in [6.45, 7) is 2.79. The summed E-state index contributed by atoms with van der Waals surface area (Å²) >= 11 is 0. The monoisotopic (exact) mass is 319 g/mol. The van der Waals surface area contributed by atoms with Crippen LogP contribution < -0.4 is 10.6 Å². The average Bonchev–Trinajstić information content (AvgIpc) is 3.03. The Hall–Kier alpha value is -1.52. The summed E-state index contributed by atoms with van der Waals surface area (Å²) in [4.78, 5) is 26.2. The van der Waals surface area contributed by atoms with Crippen molar-refractivity contribution in [3.8, 4) is 0 Å². The first-order valence-corrected chi connectivity index (χ1v) is 9.19. The number of hydrogen-bond donors (Lipinski definition) is 2. The number of hydrogen-bond acceptors (Lipinski definition) is 2. The Morgan fingerprint density at radius 1 is 0.913 bits per heavy atom. The molecule has 5 nitrogen and oxygen atoms in total. The second kappa shape index (κ2) is 7.84. The fourth-order valence-electron chi connectivity index (χ4n) is 4.16. The molecule has 2 atom stereocenters. The van der Waals surface area contributed by atoms with Gasteiger partial charge in [0.1, 0.15) is 0 Å². The normalized spacial score (nSPS) is 27.6. The van der Waals surface area contributed by atoms with Crippen LogP contribution in [0.1, 0.15) is 44.9 Å². The number of likely N-dealkylation sites (tertiary alicyclic amines) is 1. The zero-order valence-corrected chi connectivity index (χ0v) is 13.9. The Balaban J connectivity index is 1.31. The number of carbonyl (C=O) groups excluding carboxylic acids is 2. The molecule has 1 saturated carbocycles. The summed E-state index contributed by atoms with van der Waals surface area (Å²) in [6, 6.07) is 0.0197. The van der Waals surface area contributed by atoms with E-state index in [1.54, 1.807) is 0 Å². The van der Waals surface area contributed by atoms with Crippen LogP contribution in [0.5, 0.6) is 0 Å². The molecule has 128 valence electrons. The van der Waals surface area contributed by atoms with Crippen LogP contribution in [0.15, 0.2) is 12.2 Å². The second-order valence-electron chi connectivity index (χ2n) is 7.23. The molecule has 0 aromatic heterocycles. The van der Waals surface area contributed by atoms with Crippen LogP contribution in [0.2, 0.25) is 0 Å². The van der Waals surface area contributed by atoms with Gasteiger partial charge < -0.3 is 15.5 Å². The molecule has 3 amide bonds. The Kier molecular flexibility index (Phi) is 5.57. The van der Waals surface area contributed by atoms with Crippen molar-refractivity contribution in [2.24, 2.45) is 17.8 Å². The van der Waals surface area contributed by atoms with Crippen molar-refractivity contribution in [3.63, 3.8) is 0 Å². The third-order valence-corrected chi connectivity index (χ3v) is 5.58. The smallest absolute Gasteiger partial charge is 0.317 e. The largest absolute Gasteiger partial charge is 0.354 e. The standard InChI is InChI=1S/C18H29N3O2/c22-17(14-6-2-1-3-7-14)19-10-11-20-18(23)21-12-15-8-4-5-9-16(15)13-21/h4-5,14-16H,1-3,6-13H2,(H,19,22)(H,20,23)/t15-,16-/m1/s1. The molecule has 3 rings (SSSR count). The summed E-state index contributed by atoms with van der Waals surface area (Å²) in [7, 11) is 0. The van der Waals surface area contributed by atoms with Crippen molar-refractivity contribution in [1.29, 1.82) is 0 Å². The molecule has 0 bridgehead atoms. The molecule has 1 heterocycles. The van der Waals surface area contributed by atoms with E-state index in [4.69, 9.17) is 0 Å². The van der Waals surface area contributed by atoms with Crippen molar-refractivity contribution in [2.45, 2.75) is 44.9 Å². The Morgan fingerprint density at radius 2 is 1.52 bits per heavy atom. The number of carbonyl (C=O) groups is 2. The highest BCUT2D eigenvalue weighted by Gasteiger charge is 2.34. The lowest BCUT2D eigenvalue weighted by Gasteiger charge is -2.21. The highest BCUT2D eigenvalue weighted by Crippen LogP contribution is 2.32. The van der Waals surface area contributed by atoms with Crippen molar-refractivity contribution in [1.82, 2.24) is 15.5 Å². The van der Waals surface area contributed by atoms with E-state index in [0.29, 0.717) is 24.9 Å². The first-order chi connectivity index (χ1) is 11.2. The molecule has 0 aromatic rings. The van der Waals surface area contributed by atoms with Gasteiger partial charge in [0.2, 0.25) is 5.91 Å². The van der Waals surface area contributed by atoms with Gasteiger partial charge in [0.25, 0.3) is 0 Å². The quantitative estimate of drug-likeness (QED) is 0.617. The number of rotatable bonds is 4. The predicted octanol–water partition coefficient (Wildman–Crippen LogP) is 2.29. The molecule has 2 N–H and O–H groups in total. The van der Waals surface area contributed by atoms with Crippen molar-refractivity contribution >= 4 is 11.9 Å². The molecule has 2 fully saturated rings. The van der Waals surface area contributed by atoms with Gasteiger partial charge in [-0.3, -0.25) is 4.79 Å². The molecule has 2 aliphatic carbocycles. The maximum absolute atomic E-state index is 12.2. The van der Waals surface area contributed by atoms with E-state index in [2.05, 4.69) is 22.8 Å². The minimum atomic E-state index is 0.0197. The van der Waals surface area contributed by atoms with E-state index in [1.165, 1.54) is 19.3 Å². The topological polar surface area (TPSA) is 61.4 Å². The van der Waals surface area contributed by atoms with Gasteiger partial charge in [-0.2, -0.15) is 0 Å². The van der Waals surface area contributed by atoms with Gasteiger partial charge in [-0.15, -0.1) is 0 Å². The lowest BCUT2D eigenvalue weighted by molar-refractivity contribution is -0.125. The van der Waals surface area contributed by atoms with E-state index in [1.807, 2.05) is 4.90 Å². The molecule has 0 aromatic carbocycles. The fraction of sp³-hybridized carbons (Fsp3) is 0.778. The lowest BCUT2D eigenvalue weighted by atomic mass is 9.86. The van der Waals surface area contributed by atoms with Crippen LogP contribution in [0.4, 0.5) is 4.79 Å². The SMILES string of the molecule is O=C(NCCNC(=O)N1C[C@H]2CC=CC[C@@H]2C1)C1CCCCC1. The van der Waals surface area contributed by atoms with Gasteiger partial charge in [0.15, 0.2) is 0 Å². The van der Waals surface area contributed by atoms with E-state index < -0.39 is 0 Å². The van der Waals surface area contributed by atoms with Crippen molar-refractivity contribution in [2.75, 3.05) is 26.2 Å². The van der Waals surface area contributed by atoms with Crippen LogP contribution >= 0.6 is 0 Å². The highest BCUT2D eigenvalue weighted by atomic mass is 16.2. The first-order valence-electron chi connectivity index (χ1n) is 9.19. The van der Waals surface area contributed by atoms with Gasteiger partial charge in [-0.05, 0) is 37.5 Å². The first kappa shape index (κ1) is 16.3. The van der Waals surface area contributed by atoms with E-state index in [-0.39, 0.29) is 17.9 Å². The molecule has 1 saturated heterocycles. The van der Waals surface area contributed by atoms with Gasteiger partial charge >= 0.3 is 6.03 Å². The van der Waals surface area contributed by atoms with Gasteiger partial charge in [0.05, 0.1) is 0 Å². The number of nitrogens with one attached hydrogen (secondary N) is 2. The Labute approximate surface area is 138 Å². The molecular formula is C18H29N3O2. The maximum Gasteiger partial charge on any atom is 0.317 e. The number of amides is 3. The van der Waals surface area contributed by atoms with Crippen LogP contribution in [-0.2, 0) is 4.79 Å². The summed E-state index contributed by atoms with van der Waals surface area (Å²) in [5.74, 6) is 1.62. The minimum absolute atomic E-state index is 0.0197. The lowest BCUT2D eigenvalue weighted by Crippen LogP contribution is -2.43. The van der Waals surface area contributed by atoms with E-state index in [0.717, 1.165) is 38.8 Å². The molecular weight excluding hydrogens is 290 g/mol. The third kappa shape index (κ3) is 4.27. The Bertz CT molecular complexity index is 441. The zero-order valence-electron chi connectivity index (χ0n) is 13.9. The fourth-order valence-corrected chi connectivity index (χ4v) is 4.16. The van der Waals surface area contributed by atoms with E-state index in [9.17, 15) is 9.59 Å². The van der Waals surface area contributed by atoms with E-state index >= 15 is 0 Å². The summed E-state index contributed by atoms with van der Waals surface area (Å²) in [5.41, 5.74) is 0. The highest BCUT2D eigenvalue weighted by molar-refractivity contribution is 5.79. The third-order valence-electron chi connectivity index (χ3n) is 5.58. The van der Waals surface area contributed by atoms with Crippen molar-refractivity contribution < 1.29 is 9.59 Å². The molecule has 3 aliphatic rings. The minimum Gasteiger partial charge on any atom is -0.354 e. The number of allylic oxidation sites excluding steroid dienone is 2. The molecule has 23 heavy (non-hydrogen) atoms. The second-order valence-corrected chi connectivity index (χ2v) is 7.23. The summed E-state index contributed by atoms with van der Waals surface area (Å²) in [6.07, 6.45) is 12.3. The molecule has 1 aliphatic heterocycles. The molecule has 0 unspecified atom stereocenters. The van der Waals surface area contributed by atoms with Gasteiger partial charge in [-0.25, -0.2) is 4.79 Å². The number of urea groups is 1. The van der Waals surface area contributed by atoms with Crippen molar-refractivity contribution in [3.05, 3.63) is 12.2 Å². The number of nitrogens with zero attached hydrogens (tertiary/aromatic N) is 1. The van der Waals surface area contributed by atoms with Crippen LogP contribution in [-0.4, -0.2) is 43.0 Å². The molecule has 5 heteroatoms. The number of fused-ring (bicyclic) bond motifs is 1. The summed E-state index contributed by atoms with van der Waals surface area (Å²) in [5, 5.41) is 5.91. The Morgan fingerprint density at radius 3 is 2.17 bits per heavy atom. The predicted molar refractivity (Wildman–Crippen MR) is 89.9 cm³/mol. The average molecular weight is 319 g/mol. The van der Waals surface area contributed by atoms with Gasteiger partial charge in [0, 0.05) is 32.1 Å². The molecule has 0 radical (unpaired) electrons. The zero-order chi connectivity index (χ0) is 16.1. The van der Waals surface area contributed by atoms with Gasteiger partial charge in [-0.1, -0.05) is 31.4 Å². The van der Waals surface area contributed by atoms with Crippen LogP contribution in [0.25, 0.3) is 0 Å². The van der Waals surface area contributed by atoms with Crippen LogP contribution in [0, 0.1) is 17.8 Å². The summed E-state index contributed by atoms with van der Waals surface area (Å²) < 4.78 is 0. The van der Waals surface area contributed by atoms with Crippen LogP contribution in [0.3, 0.4) is 0 Å².